The van der Waals surface area contributed by atoms with E-state index < -0.39 is 12.1 Å². The number of aliphatic hydroxyl groups excluding tert-OH is 1. The van der Waals surface area contributed by atoms with Crippen LogP contribution >= 0.6 is 12.4 Å². The molecule has 0 aliphatic rings. The summed E-state index contributed by atoms with van der Waals surface area (Å²) in [7, 11) is 1.65. The van der Waals surface area contributed by atoms with Crippen LogP contribution in [0.3, 0.4) is 0 Å². The Labute approximate surface area is 295 Å². The van der Waals surface area contributed by atoms with Gasteiger partial charge in [-0.1, -0.05) is 54.4 Å². The number of carbonyl (C=O) groups excluding carboxylic acids is 3. The molecule has 48 heavy (non-hydrogen) atoms. The van der Waals surface area contributed by atoms with E-state index in [1.807, 2.05) is 13.8 Å². The van der Waals surface area contributed by atoms with Gasteiger partial charge < -0.3 is 41.0 Å². The highest BCUT2D eigenvalue weighted by Gasteiger charge is 2.30. The third-order valence-electron chi connectivity index (χ3n) is 8.42. The maximum atomic E-state index is 13.4. The van der Waals surface area contributed by atoms with Crippen molar-refractivity contribution in [2.24, 2.45) is 29.4 Å². The summed E-state index contributed by atoms with van der Waals surface area (Å²) in [5, 5.41) is 19.9. The fraction of sp³-hybridized carbons (Fsp3) is 0.750. The molecule has 0 radical (unpaired) electrons. The summed E-state index contributed by atoms with van der Waals surface area (Å²) in [4.78, 5) is 38.3. The molecular weight excluding hydrogens is 636 g/mol. The molecule has 6 N–H and O–H groups in total. The first-order valence-corrected chi connectivity index (χ1v) is 17.6. The lowest BCUT2D eigenvalue weighted by atomic mass is 9.83. The Balaban J connectivity index is 0.0000221. The number of halogens is 1. The summed E-state index contributed by atoms with van der Waals surface area (Å²) in [6.07, 6.45) is 5.27. The molecule has 0 bridgehead atoms. The van der Waals surface area contributed by atoms with Crippen molar-refractivity contribution < 1.29 is 33.7 Å². The van der Waals surface area contributed by atoms with E-state index in [2.05, 4.69) is 43.6 Å². The van der Waals surface area contributed by atoms with Gasteiger partial charge in [0.1, 0.15) is 11.5 Å². The lowest BCUT2D eigenvalue weighted by molar-refractivity contribution is -0.127. The minimum atomic E-state index is -0.851. The Morgan fingerprint density at radius 3 is 2.10 bits per heavy atom. The zero-order valence-electron chi connectivity index (χ0n) is 30.5. The lowest BCUT2D eigenvalue weighted by Crippen LogP contribution is -2.44. The van der Waals surface area contributed by atoms with E-state index >= 15 is 0 Å². The van der Waals surface area contributed by atoms with Gasteiger partial charge in [-0.15, -0.1) is 12.4 Å². The molecule has 0 spiro atoms. The number of amides is 3. The molecule has 1 aromatic rings. The Morgan fingerprint density at radius 2 is 1.50 bits per heavy atom. The van der Waals surface area contributed by atoms with Crippen LogP contribution < -0.4 is 31.2 Å². The third kappa shape index (κ3) is 18.2. The van der Waals surface area contributed by atoms with Gasteiger partial charge in [-0.05, 0) is 68.4 Å². The van der Waals surface area contributed by atoms with Crippen LogP contribution in [0.15, 0.2) is 18.2 Å². The topological polar surface area (TPSA) is 161 Å². The second kappa shape index (κ2) is 26.3. The Morgan fingerprint density at radius 1 is 0.854 bits per heavy atom. The van der Waals surface area contributed by atoms with Crippen molar-refractivity contribution in [3.05, 3.63) is 23.8 Å². The number of nitrogens with two attached hydrogens (primary N) is 1. The average molecular weight is 701 g/mol. The van der Waals surface area contributed by atoms with Gasteiger partial charge in [0.15, 0.2) is 6.61 Å². The van der Waals surface area contributed by atoms with Crippen LogP contribution in [0, 0.1) is 23.7 Å². The van der Waals surface area contributed by atoms with Gasteiger partial charge in [-0.3, -0.25) is 14.4 Å². The van der Waals surface area contributed by atoms with Gasteiger partial charge in [0.05, 0.1) is 18.3 Å². The highest BCUT2D eigenvalue weighted by Crippen LogP contribution is 2.27. The molecule has 0 fully saturated rings. The number of aliphatic hydroxyl groups is 1. The highest BCUT2D eigenvalue weighted by atomic mass is 35.5. The molecule has 278 valence electrons. The molecule has 0 aliphatic heterocycles. The molecule has 3 amide bonds. The van der Waals surface area contributed by atoms with E-state index in [-0.39, 0.29) is 66.8 Å². The molecule has 1 rings (SSSR count). The summed E-state index contributed by atoms with van der Waals surface area (Å²) in [5.74, 6) is 0.150. The minimum absolute atomic E-state index is 0. The zero-order valence-corrected chi connectivity index (χ0v) is 31.3. The van der Waals surface area contributed by atoms with Gasteiger partial charge in [0.2, 0.25) is 5.91 Å². The van der Waals surface area contributed by atoms with Crippen LogP contribution in [0.5, 0.6) is 11.5 Å². The summed E-state index contributed by atoms with van der Waals surface area (Å²) in [6, 6.07) is 4.38. The Bertz CT molecular complexity index is 1040. The predicted molar refractivity (Wildman–Crippen MR) is 194 cm³/mol. The number of unbranched alkanes of at least 4 members (excludes halogenated alkanes) is 3. The molecular formula is C36H65ClN4O7. The smallest absolute Gasteiger partial charge is 0.257 e. The van der Waals surface area contributed by atoms with Gasteiger partial charge in [-0.25, -0.2) is 0 Å². The van der Waals surface area contributed by atoms with Gasteiger partial charge in [-0.2, -0.15) is 0 Å². The molecule has 11 nitrogen and oxygen atoms in total. The minimum Gasteiger partial charge on any atom is -0.493 e. The second-order valence-electron chi connectivity index (χ2n) is 13.1. The third-order valence-corrected chi connectivity index (χ3v) is 8.42. The van der Waals surface area contributed by atoms with E-state index in [0.717, 1.165) is 38.5 Å². The Hall–Kier alpha value is -2.60. The van der Waals surface area contributed by atoms with Crippen molar-refractivity contribution in [1.82, 2.24) is 16.0 Å². The molecule has 4 unspecified atom stereocenters. The molecule has 0 saturated carbocycles. The SMILES string of the molecule is CCCCNC(=O)COc1ccc(C(=O)NCC(CC(N)C(O)CC(C(=O)NCCCC)C(C)C)C(C)C)c(OCCCCOC)c1.Cl. The first-order valence-electron chi connectivity index (χ1n) is 17.6. The number of benzene rings is 1. The first-order chi connectivity index (χ1) is 22.4. The van der Waals surface area contributed by atoms with Crippen molar-refractivity contribution in [2.45, 2.75) is 105 Å². The van der Waals surface area contributed by atoms with Gasteiger partial charge in [0.25, 0.3) is 11.8 Å². The predicted octanol–water partition coefficient (Wildman–Crippen LogP) is 4.87. The van der Waals surface area contributed by atoms with Crippen LogP contribution in [-0.2, 0) is 14.3 Å². The van der Waals surface area contributed by atoms with Crippen molar-refractivity contribution in [3.63, 3.8) is 0 Å². The number of methoxy groups -OCH3 is 1. The maximum Gasteiger partial charge on any atom is 0.257 e. The number of hydrogen-bond acceptors (Lipinski definition) is 8. The summed E-state index contributed by atoms with van der Waals surface area (Å²) in [5.41, 5.74) is 6.85. The molecule has 4 atom stereocenters. The van der Waals surface area contributed by atoms with Crippen molar-refractivity contribution in [3.8, 4) is 11.5 Å². The normalized spacial score (nSPS) is 13.6. The second-order valence-corrected chi connectivity index (χ2v) is 13.1. The standard InChI is InChI=1S/C36H64N4O7.ClH/c1-8-10-16-38-34(42)24-47-28-14-15-29(33(21-28)46-19-13-12-18-45-7)35(43)40-23-27(25(3)4)20-31(37)32(41)22-30(26(5)6)36(44)39-17-11-9-2;/h14-15,21,25-27,30-32,41H,8-13,16-20,22-24,37H2,1-7H3,(H,38,42)(H,39,44)(H,40,43);1H. The fourth-order valence-corrected chi connectivity index (χ4v) is 5.09. The maximum absolute atomic E-state index is 13.4. The zero-order chi connectivity index (χ0) is 35.2. The number of ether oxygens (including phenoxy) is 3. The Kier molecular flexibility index (Phi) is 24.9. The average Bonchev–Trinajstić information content (AvgIpc) is 3.03. The summed E-state index contributed by atoms with van der Waals surface area (Å²) < 4.78 is 16.8. The van der Waals surface area contributed by atoms with Crippen molar-refractivity contribution in [2.75, 3.05) is 46.6 Å². The lowest BCUT2D eigenvalue weighted by Gasteiger charge is -2.30. The number of rotatable bonds is 26. The van der Waals surface area contributed by atoms with E-state index in [4.69, 9.17) is 19.9 Å². The number of carbonyl (C=O) groups is 3. The van der Waals surface area contributed by atoms with E-state index in [9.17, 15) is 19.5 Å². The molecule has 12 heteroatoms. The fourth-order valence-electron chi connectivity index (χ4n) is 5.09. The highest BCUT2D eigenvalue weighted by molar-refractivity contribution is 5.97. The van der Waals surface area contributed by atoms with Crippen LogP contribution in [-0.4, -0.2) is 81.5 Å². The van der Waals surface area contributed by atoms with Crippen LogP contribution in [0.4, 0.5) is 0 Å². The van der Waals surface area contributed by atoms with E-state index in [1.165, 1.54) is 0 Å². The molecule has 1 aromatic carbocycles. The van der Waals surface area contributed by atoms with Crippen molar-refractivity contribution in [1.29, 1.82) is 0 Å². The first kappa shape index (κ1) is 45.4. The van der Waals surface area contributed by atoms with Crippen molar-refractivity contribution >= 4 is 30.1 Å². The summed E-state index contributed by atoms with van der Waals surface area (Å²) in [6.45, 7) is 14.7. The van der Waals surface area contributed by atoms with E-state index in [0.29, 0.717) is 56.3 Å². The molecule has 0 heterocycles. The largest absolute Gasteiger partial charge is 0.493 e. The van der Waals surface area contributed by atoms with Gasteiger partial charge in [0, 0.05) is 51.4 Å². The molecule has 0 saturated heterocycles. The summed E-state index contributed by atoms with van der Waals surface area (Å²) >= 11 is 0. The van der Waals surface area contributed by atoms with Crippen LogP contribution in [0.1, 0.15) is 103 Å². The van der Waals surface area contributed by atoms with Crippen LogP contribution in [0.25, 0.3) is 0 Å². The molecule has 0 aliphatic carbocycles. The van der Waals surface area contributed by atoms with Crippen LogP contribution in [0.2, 0.25) is 0 Å². The van der Waals surface area contributed by atoms with E-state index in [1.54, 1.807) is 25.3 Å². The quantitative estimate of drug-likeness (QED) is 0.0856. The van der Waals surface area contributed by atoms with Gasteiger partial charge >= 0.3 is 0 Å². The number of nitrogens with one attached hydrogen (secondary N) is 3. The monoisotopic (exact) mass is 700 g/mol. The molecule has 0 aromatic heterocycles. The number of hydrogen-bond donors (Lipinski definition) is 5.